The number of likely N-dealkylation sites (tertiary alicyclic amines) is 1. The first kappa shape index (κ1) is 14.4. The Hall–Kier alpha value is -1.99. The summed E-state index contributed by atoms with van der Waals surface area (Å²) in [7, 11) is 0. The number of hydrogen-bond donors (Lipinski definition) is 2. The van der Waals surface area contributed by atoms with E-state index in [0.717, 1.165) is 37.2 Å². The summed E-state index contributed by atoms with van der Waals surface area (Å²) in [5, 5.41) is 11.7. The molecular weight excluding hydrogens is 252 g/mol. The predicted molar refractivity (Wildman–Crippen MR) is 79.5 cm³/mol. The molecule has 0 spiro atoms. The summed E-state index contributed by atoms with van der Waals surface area (Å²) in [6, 6.07) is 7.44. The van der Waals surface area contributed by atoms with Crippen molar-refractivity contribution in [3.8, 4) is 11.8 Å². The van der Waals surface area contributed by atoms with Crippen LogP contribution in [0, 0.1) is 11.8 Å². The molecule has 0 unspecified atom stereocenters. The molecule has 2 N–H and O–H groups in total. The Morgan fingerprint density at radius 2 is 2.00 bits per heavy atom. The van der Waals surface area contributed by atoms with Crippen molar-refractivity contribution in [3.63, 3.8) is 0 Å². The SMILES string of the molecule is O=C(Nc1ccccc1C#CCCO)N1CCCCC1. The van der Waals surface area contributed by atoms with Gasteiger partial charge in [0.1, 0.15) is 0 Å². The Bertz CT molecular complexity index is 511. The van der Waals surface area contributed by atoms with E-state index in [9.17, 15) is 4.79 Å². The molecule has 0 aliphatic carbocycles. The number of anilines is 1. The smallest absolute Gasteiger partial charge is 0.321 e. The number of aliphatic hydroxyl groups is 1. The van der Waals surface area contributed by atoms with E-state index >= 15 is 0 Å². The van der Waals surface area contributed by atoms with Gasteiger partial charge in [0.25, 0.3) is 0 Å². The fourth-order valence-electron chi connectivity index (χ4n) is 2.21. The predicted octanol–water partition coefficient (Wildman–Crippen LogP) is 2.44. The molecule has 1 aliphatic rings. The standard InChI is InChI=1S/C16H20N2O2/c19-13-7-4-9-14-8-2-3-10-15(14)17-16(20)18-11-5-1-6-12-18/h2-3,8,10,19H,1,5-7,11-13H2,(H,17,20). The highest BCUT2D eigenvalue weighted by molar-refractivity contribution is 5.90. The fourth-order valence-corrected chi connectivity index (χ4v) is 2.21. The van der Waals surface area contributed by atoms with Gasteiger partial charge in [-0.3, -0.25) is 0 Å². The van der Waals surface area contributed by atoms with Crippen LogP contribution in [0.3, 0.4) is 0 Å². The number of piperidine rings is 1. The molecule has 0 bridgehead atoms. The minimum absolute atomic E-state index is 0.0509. The van der Waals surface area contributed by atoms with Gasteiger partial charge in [-0.15, -0.1) is 0 Å². The van der Waals surface area contributed by atoms with Gasteiger partial charge in [-0.25, -0.2) is 4.79 Å². The zero-order chi connectivity index (χ0) is 14.2. The first-order valence-electron chi connectivity index (χ1n) is 7.06. The third-order valence-electron chi connectivity index (χ3n) is 3.27. The molecule has 0 radical (unpaired) electrons. The van der Waals surface area contributed by atoms with Gasteiger partial charge in [-0.05, 0) is 31.4 Å². The van der Waals surface area contributed by atoms with E-state index in [1.807, 2.05) is 29.2 Å². The molecule has 0 aromatic heterocycles. The van der Waals surface area contributed by atoms with Crippen LogP contribution in [-0.4, -0.2) is 35.7 Å². The number of carbonyl (C=O) groups is 1. The van der Waals surface area contributed by atoms with Crippen LogP contribution in [0.2, 0.25) is 0 Å². The van der Waals surface area contributed by atoms with Crippen molar-refractivity contribution in [1.29, 1.82) is 0 Å². The summed E-state index contributed by atoms with van der Waals surface area (Å²) in [5.74, 6) is 5.86. The number of urea groups is 1. The van der Waals surface area contributed by atoms with E-state index in [-0.39, 0.29) is 12.6 Å². The summed E-state index contributed by atoms with van der Waals surface area (Å²) in [6.45, 7) is 1.70. The normalized spacial score (nSPS) is 14.3. The maximum absolute atomic E-state index is 12.2. The third kappa shape index (κ3) is 4.01. The molecule has 1 aromatic carbocycles. The number of nitrogens with one attached hydrogen (secondary N) is 1. The van der Waals surface area contributed by atoms with Gasteiger partial charge in [-0.1, -0.05) is 24.0 Å². The average molecular weight is 272 g/mol. The zero-order valence-corrected chi connectivity index (χ0v) is 11.6. The van der Waals surface area contributed by atoms with Crippen molar-refractivity contribution in [2.24, 2.45) is 0 Å². The van der Waals surface area contributed by atoms with Crippen molar-refractivity contribution >= 4 is 11.7 Å². The number of rotatable bonds is 2. The zero-order valence-electron chi connectivity index (χ0n) is 11.6. The summed E-state index contributed by atoms with van der Waals surface area (Å²) in [6.07, 6.45) is 3.79. The highest BCUT2D eigenvalue weighted by Crippen LogP contribution is 2.16. The van der Waals surface area contributed by atoms with Crippen LogP contribution in [0.15, 0.2) is 24.3 Å². The van der Waals surface area contributed by atoms with Crippen molar-refractivity contribution in [3.05, 3.63) is 29.8 Å². The Morgan fingerprint density at radius 1 is 1.25 bits per heavy atom. The quantitative estimate of drug-likeness (QED) is 0.812. The van der Waals surface area contributed by atoms with Crippen LogP contribution in [0.4, 0.5) is 10.5 Å². The van der Waals surface area contributed by atoms with Gasteiger partial charge in [0.2, 0.25) is 0 Å². The highest BCUT2D eigenvalue weighted by Gasteiger charge is 2.16. The molecule has 0 atom stereocenters. The van der Waals surface area contributed by atoms with Gasteiger partial charge < -0.3 is 15.3 Å². The summed E-state index contributed by atoms with van der Waals surface area (Å²) < 4.78 is 0. The molecular formula is C16H20N2O2. The van der Waals surface area contributed by atoms with E-state index in [1.165, 1.54) is 6.42 Å². The van der Waals surface area contributed by atoms with Crippen LogP contribution in [0.5, 0.6) is 0 Å². The topological polar surface area (TPSA) is 52.6 Å². The first-order valence-corrected chi connectivity index (χ1v) is 7.06. The number of aliphatic hydroxyl groups excluding tert-OH is 1. The number of amides is 2. The summed E-state index contributed by atoms with van der Waals surface area (Å²) >= 11 is 0. The monoisotopic (exact) mass is 272 g/mol. The lowest BCUT2D eigenvalue weighted by atomic mass is 10.1. The molecule has 0 saturated carbocycles. The van der Waals surface area contributed by atoms with Crippen LogP contribution >= 0.6 is 0 Å². The molecule has 2 rings (SSSR count). The number of nitrogens with zero attached hydrogens (tertiary/aromatic N) is 1. The molecule has 106 valence electrons. The van der Waals surface area contributed by atoms with Gasteiger partial charge in [0.15, 0.2) is 0 Å². The molecule has 1 heterocycles. The molecule has 4 nitrogen and oxygen atoms in total. The molecule has 20 heavy (non-hydrogen) atoms. The number of hydrogen-bond acceptors (Lipinski definition) is 2. The minimum atomic E-state index is -0.0545. The lowest BCUT2D eigenvalue weighted by Crippen LogP contribution is -2.38. The van der Waals surface area contributed by atoms with Gasteiger partial charge in [-0.2, -0.15) is 0 Å². The summed E-state index contributed by atoms with van der Waals surface area (Å²) in [5.41, 5.74) is 1.51. The Labute approximate surface area is 119 Å². The van der Waals surface area contributed by atoms with Crippen LogP contribution < -0.4 is 5.32 Å². The molecule has 2 amide bonds. The average Bonchev–Trinajstić information content (AvgIpc) is 2.50. The molecule has 1 fully saturated rings. The largest absolute Gasteiger partial charge is 0.395 e. The third-order valence-corrected chi connectivity index (χ3v) is 3.27. The molecule has 1 aliphatic heterocycles. The Morgan fingerprint density at radius 3 is 2.75 bits per heavy atom. The second-order valence-electron chi connectivity index (χ2n) is 4.80. The first-order chi connectivity index (χ1) is 9.81. The maximum Gasteiger partial charge on any atom is 0.321 e. The van der Waals surface area contributed by atoms with Crippen LogP contribution in [-0.2, 0) is 0 Å². The number of carbonyl (C=O) groups excluding carboxylic acids is 1. The van der Waals surface area contributed by atoms with Crippen molar-refractivity contribution in [1.82, 2.24) is 4.90 Å². The van der Waals surface area contributed by atoms with Gasteiger partial charge in [0.05, 0.1) is 12.3 Å². The maximum atomic E-state index is 12.2. The number of para-hydroxylation sites is 1. The Kier molecular flexibility index (Phi) is 5.45. The van der Waals surface area contributed by atoms with E-state index < -0.39 is 0 Å². The fraction of sp³-hybridized carbons (Fsp3) is 0.438. The van der Waals surface area contributed by atoms with Crippen LogP contribution in [0.1, 0.15) is 31.2 Å². The van der Waals surface area contributed by atoms with E-state index in [1.54, 1.807) is 0 Å². The Balaban J connectivity index is 2.05. The summed E-state index contributed by atoms with van der Waals surface area (Å²) in [4.78, 5) is 14.0. The van der Waals surface area contributed by atoms with E-state index in [0.29, 0.717) is 6.42 Å². The molecule has 4 heteroatoms. The second kappa shape index (κ2) is 7.56. The van der Waals surface area contributed by atoms with Gasteiger partial charge in [0, 0.05) is 25.1 Å². The second-order valence-corrected chi connectivity index (χ2v) is 4.80. The van der Waals surface area contributed by atoms with Crippen molar-refractivity contribution < 1.29 is 9.90 Å². The van der Waals surface area contributed by atoms with E-state index in [2.05, 4.69) is 17.2 Å². The van der Waals surface area contributed by atoms with Gasteiger partial charge >= 0.3 is 6.03 Å². The lowest BCUT2D eigenvalue weighted by molar-refractivity contribution is 0.200. The van der Waals surface area contributed by atoms with Crippen molar-refractivity contribution in [2.75, 3.05) is 25.0 Å². The van der Waals surface area contributed by atoms with E-state index in [4.69, 9.17) is 5.11 Å². The van der Waals surface area contributed by atoms with Crippen LogP contribution in [0.25, 0.3) is 0 Å². The highest BCUT2D eigenvalue weighted by atomic mass is 16.2. The number of benzene rings is 1. The molecule has 1 saturated heterocycles. The lowest BCUT2D eigenvalue weighted by Gasteiger charge is -2.27. The van der Waals surface area contributed by atoms with Crippen molar-refractivity contribution in [2.45, 2.75) is 25.7 Å². The molecule has 1 aromatic rings. The minimum Gasteiger partial charge on any atom is -0.395 e.